The molecule has 3 heterocycles. The van der Waals surface area contributed by atoms with E-state index in [0.29, 0.717) is 12.8 Å². The molecule has 0 atom stereocenters. The lowest BCUT2D eigenvalue weighted by molar-refractivity contribution is 0.0503. The lowest BCUT2D eigenvalue weighted by atomic mass is 9.99. The van der Waals surface area contributed by atoms with Crippen molar-refractivity contribution in [1.29, 1.82) is 0 Å². The van der Waals surface area contributed by atoms with E-state index in [1.807, 2.05) is 6.20 Å². The molecular weight excluding hydrogens is 460 g/mol. The van der Waals surface area contributed by atoms with E-state index in [2.05, 4.69) is 58.0 Å². The van der Waals surface area contributed by atoms with Gasteiger partial charge in [-0.05, 0) is 49.1 Å². The Hall–Kier alpha value is -2.83. The molecule has 1 saturated carbocycles. The van der Waals surface area contributed by atoms with Crippen LogP contribution in [0.15, 0.2) is 42.6 Å². The number of ether oxygens (including phenoxy) is 2. The minimum atomic E-state index is 0.644. The SMILES string of the molecule is COc1cccc(C)c1N1CCN(Cc2cc3c(c4ncccc24)OCN(C2CCCCCC2)C3)CC1. The fourth-order valence-electron chi connectivity index (χ4n) is 6.60. The maximum absolute atomic E-state index is 6.42. The molecule has 37 heavy (non-hydrogen) atoms. The summed E-state index contributed by atoms with van der Waals surface area (Å²) in [5, 5.41) is 1.23. The summed E-state index contributed by atoms with van der Waals surface area (Å²) in [5.74, 6) is 1.97. The maximum Gasteiger partial charge on any atom is 0.152 e. The Morgan fingerprint density at radius 1 is 1.00 bits per heavy atom. The van der Waals surface area contributed by atoms with Crippen LogP contribution in [0.2, 0.25) is 0 Å². The zero-order chi connectivity index (χ0) is 25.2. The number of anilines is 1. The van der Waals surface area contributed by atoms with E-state index in [-0.39, 0.29) is 0 Å². The molecule has 0 unspecified atom stereocenters. The molecule has 0 spiro atoms. The Morgan fingerprint density at radius 3 is 2.59 bits per heavy atom. The van der Waals surface area contributed by atoms with Gasteiger partial charge in [0.05, 0.1) is 12.8 Å². The first-order valence-electron chi connectivity index (χ1n) is 14.1. The molecule has 0 bridgehead atoms. The van der Waals surface area contributed by atoms with E-state index >= 15 is 0 Å². The third-order valence-electron chi connectivity index (χ3n) is 8.60. The Kier molecular flexibility index (Phi) is 7.21. The number of fused-ring (bicyclic) bond motifs is 3. The van der Waals surface area contributed by atoms with Crippen LogP contribution >= 0.6 is 0 Å². The van der Waals surface area contributed by atoms with E-state index in [4.69, 9.17) is 14.5 Å². The van der Waals surface area contributed by atoms with Gasteiger partial charge in [0, 0.05) is 62.5 Å². The number of hydrogen-bond donors (Lipinski definition) is 0. The number of piperazine rings is 1. The predicted molar refractivity (Wildman–Crippen MR) is 149 cm³/mol. The summed E-state index contributed by atoms with van der Waals surface area (Å²) in [6.07, 6.45) is 9.95. The summed E-state index contributed by atoms with van der Waals surface area (Å²) < 4.78 is 12.1. The maximum atomic E-state index is 6.42. The van der Waals surface area contributed by atoms with Crippen LogP contribution in [0.5, 0.6) is 11.5 Å². The third kappa shape index (κ3) is 5.01. The zero-order valence-corrected chi connectivity index (χ0v) is 22.4. The molecule has 2 aromatic carbocycles. The van der Waals surface area contributed by atoms with Crippen molar-refractivity contribution in [3.63, 3.8) is 0 Å². The van der Waals surface area contributed by atoms with Crippen LogP contribution in [0, 0.1) is 6.92 Å². The van der Waals surface area contributed by atoms with Gasteiger partial charge in [-0.15, -0.1) is 0 Å². The summed E-state index contributed by atoms with van der Waals surface area (Å²) >= 11 is 0. The molecule has 6 heteroatoms. The molecule has 3 aliphatic rings. The zero-order valence-electron chi connectivity index (χ0n) is 22.4. The minimum Gasteiger partial charge on any atom is -0.495 e. The molecule has 0 radical (unpaired) electrons. The highest BCUT2D eigenvalue weighted by Gasteiger charge is 2.28. The smallest absolute Gasteiger partial charge is 0.152 e. The van der Waals surface area contributed by atoms with Crippen LogP contribution in [-0.2, 0) is 13.1 Å². The van der Waals surface area contributed by atoms with Crippen molar-refractivity contribution in [2.24, 2.45) is 0 Å². The average Bonchev–Trinajstić information content (AvgIpc) is 3.23. The highest BCUT2D eigenvalue weighted by atomic mass is 16.5. The minimum absolute atomic E-state index is 0.644. The van der Waals surface area contributed by atoms with Crippen molar-refractivity contribution in [3.05, 3.63) is 59.3 Å². The lowest BCUT2D eigenvalue weighted by Crippen LogP contribution is -2.46. The third-order valence-corrected chi connectivity index (χ3v) is 8.60. The standard InChI is InChI=1S/C31H40N4O2/c1-23-9-7-13-28(36-2)30(23)34-17-15-33(16-18-34)20-24-19-25-21-35(26-10-5-3-4-6-11-26)22-37-31(25)29-27(24)12-8-14-32-29/h7-9,12-14,19,26H,3-6,10-11,15-18,20-22H2,1-2H3. The second kappa shape index (κ2) is 10.9. The summed E-state index contributed by atoms with van der Waals surface area (Å²) in [4.78, 5) is 12.4. The first kappa shape index (κ1) is 24.5. The number of aromatic nitrogens is 1. The number of nitrogens with zero attached hydrogens (tertiary/aromatic N) is 4. The largest absolute Gasteiger partial charge is 0.495 e. The second-order valence-electron chi connectivity index (χ2n) is 11.0. The van der Waals surface area contributed by atoms with Gasteiger partial charge in [0.15, 0.2) is 5.75 Å². The fraction of sp³-hybridized carbons (Fsp3) is 0.516. The van der Waals surface area contributed by atoms with E-state index in [1.165, 1.54) is 66.3 Å². The monoisotopic (exact) mass is 500 g/mol. The molecule has 1 saturated heterocycles. The van der Waals surface area contributed by atoms with Gasteiger partial charge in [0.1, 0.15) is 18.0 Å². The number of para-hydroxylation sites is 1. The van der Waals surface area contributed by atoms with Gasteiger partial charge in [0.2, 0.25) is 0 Å². The fourth-order valence-corrected chi connectivity index (χ4v) is 6.60. The average molecular weight is 501 g/mol. The molecule has 2 fully saturated rings. The van der Waals surface area contributed by atoms with Crippen LogP contribution in [0.1, 0.15) is 55.2 Å². The first-order chi connectivity index (χ1) is 18.2. The van der Waals surface area contributed by atoms with Crippen molar-refractivity contribution in [1.82, 2.24) is 14.8 Å². The molecule has 0 amide bonds. The Labute approximate surface area is 221 Å². The number of benzene rings is 2. The molecule has 196 valence electrons. The topological polar surface area (TPSA) is 41.1 Å². The van der Waals surface area contributed by atoms with E-state index in [9.17, 15) is 0 Å². The van der Waals surface area contributed by atoms with Crippen LogP contribution < -0.4 is 14.4 Å². The van der Waals surface area contributed by atoms with Gasteiger partial charge >= 0.3 is 0 Å². The molecule has 1 aromatic heterocycles. The van der Waals surface area contributed by atoms with Gasteiger partial charge in [-0.2, -0.15) is 0 Å². The molecule has 1 aliphatic carbocycles. The van der Waals surface area contributed by atoms with E-state index in [1.54, 1.807) is 7.11 Å². The van der Waals surface area contributed by atoms with Crippen molar-refractivity contribution >= 4 is 16.6 Å². The number of methoxy groups -OCH3 is 1. The first-order valence-corrected chi connectivity index (χ1v) is 14.1. The molecule has 6 nitrogen and oxygen atoms in total. The van der Waals surface area contributed by atoms with Gasteiger partial charge in [-0.3, -0.25) is 14.8 Å². The van der Waals surface area contributed by atoms with Crippen LogP contribution in [-0.4, -0.2) is 60.8 Å². The van der Waals surface area contributed by atoms with Crippen LogP contribution in [0.25, 0.3) is 10.9 Å². The molecule has 2 aliphatic heterocycles. The Bertz CT molecular complexity index is 1230. The van der Waals surface area contributed by atoms with Crippen LogP contribution in [0.3, 0.4) is 0 Å². The number of rotatable bonds is 5. The van der Waals surface area contributed by atoms with Crippen molar-refractivity contribution < 1.29 is 9.47 Å². The predicted octanol–water partition coefficient (Wildman–Crippen LogP) is 5.75. The van der Waals surface area contributed by atoms with Crippen molar-refractivity contribution in [2.75, 3.05) is 44.9 Å². The highest BCUT2D eigenvalue weighted by molar-refractivity contribution is 5.89. The number of aryl methyl sites for hydroxylation is 1. The Morgan fingerprint density at radius 2 is 1.81 bits per heavy atom. The summed E-state index contributed by atoms with van der Waals surface area (Å²) in [6, 6.07) is 13.7. The summed E-state index contributed by atoms with van der Waals surface area (Å²) in [5.41, 5.74) is 6.22. The van der Waals surface area contributed by atoms with Gasteiger partial charge in [0.25, 0.3) is 0 Å². The van der Waals surface area contributed by atoms with E-state index < -0.39 is 0 Å². The lowest BCUT2D eigenvalue weighted by Gasteiger charge is -2.38. The normalized spacial score (nSPS) is 19.9. The molecular formula is C31H40N4O2. The van der Waals surface area contributed by atoms with Crippen molar-refractivity contribution in [3.8, 4) is 11.5 Å². The highest BCUT2D eigenvalue weighted by Crippen LogP contribution is 2.37. The van der Waals surface area contributed by atoms with Crippen LogP contribution in [0.4, 0.5) is 5.69 Å². The molecule has 6 rings (SSSR count). The number of hydrogen-bond acceptors (Lipinski definition) is 6. The molecule has 0 N–H and O–H groups in total. The number of pyridine rings is 1. The Balaban J connectivity index is 1.21. The quantitative estimate of drug-likeness (QED) is 0.416. The summed E-state index contributed by atoms with van der Waals surface area (Å²) in [7, 11) is 1.77. The second-order valence-corrected chi connectivity index (χ2v) is 11.0. The molecule has 3 aromatic rings. The summed E-state index contributed by atoms with van der Waals surface area (Å²) in [6.45, 7) is 8.84. The van der Waals surface area contributed by atoms with Gasteiger partial charge in [-0.25, -0.2) is 0 Å². The van der Waals surface area contributed by atoms with E-state index in [0.717, 1.165) is 56.3 Å². The van der Waals surface area contributed by atoms with Gasteiger partial charge in [-0.1, -0.05) is 43.9 Å². The van der Waals surface area contributed by atoms with Crippen molar-refractivity contribution in [2.45, 2.75) is 64.6 Å². The van der Waals surface area contributed by atoms with Gasteiger partial charge < -0.3 is 14.4 Å².